The normalized spacial score (nSPS) is 13.4. The van der Waals surface area contributed by atoms with Crippen LogP contribution in [-0.4, -0.2) is 9.79 Å². The van der Waals surface area contributed by atoms with E-state index in [1.165, 1.54) is 12.8 Å². The van der Waals surface area contributed by atoms with Gasteiger partial charge in [-0.15, -0.1) is 0 Å². The molecular weight excluding hydrogens is 263 g/mol. The van der Waals surface area contributed by atoms with Crippen molar-refractivity contribution in [2.24, 2.45) is 0 Å². The molecule has 0 fully saturated rings. The maximum atomic E-state index is 11.0. The fourth-order valence-corrected chi connectivity index (χ4v) is 2.61. The fraction of sp³-hybridized carbons (Fsp3) is 0.571. The Bertz CT molecular complexity index is 388. The molecule has 2 N–H and O–H groups in total. The Morgan fingerprint density at radius 3 is 2.32 bits per heavy atom. The summed E-state index contributed by atoms with van der Waals surface area (Å²) in [5, 5.41) is 0. The quantitative estimate of drug-likeness (QED) is 0.527. The van der Waals surface area contributed by atoms with Crippen LogP contribution in [-0.2, 0) is 9.09 Å². The standard InChI is InChI=1S/C14H23O4P/c1-2-3-4-5-9-12-14(18-19(15,16)17)13-10-7-6-8-11-13/h6-8,10-11,14H,2-5,9,12H2,1H3,(H2,15,16,17). The lowest BCUT2D eigenvalue weighted by molar-refractivity contribution is 0.125. The molecule has 0 aliphatic carbocycles. The van der Waals surface area contributed by atoms with Crippen molar-refractivity contribution in [3.63, 3.8) is 0 Å². The monoisotopic (exact) mass is 286 g/mol. The Labute approximate surface area is 115 Å². The highest BCUT2D eigenvalue weighted by Gasteiger charge is 2.23. The highest BCUT2D eigenvalue weighted by molar-refractivity contribution is 7.46. The third-order valence-corrected chi connectivity index (χ3v) is 3.53. The second kappa shape index (κ2) is 8.49. The summed E-state index contributed by atoms with van der Waals surface area (Å²) in [7, 11) is -4.45. The van der Waals surface area contributed by atoms with E-state index in [-0.39, 0.29) is 0 Å². The number of phosphoric acid groups is 1. The summed E-state index contributed by atoms with van der Waals surface area (Å²) in [6.07, 6.45) is 5.65. The largest absolute Gasteiger partial charge is 0.470 e. The van der Waals surface area contributed by atoms with Gasteiger partial charge in [-0.05, 0) is 12.0 Å². The zero-order chi connectivity index (χ0) is 14.1. The van der Waals surface area contributed by atoms with Crippen LogP contribution in [0.2, 0.25) is 0 Å². The SMILES string of the molecule is CCCCCCCC(OP(=O)(O)O)c1ccccc1. The smallest absolute Gasteiger partial charge is 0.303 e. The van der Waals surface area contributed by atoms with Crippen LogP contribution >= 0.6 is 7.82 Å². The Balaban J connectivity index is 2.53. The molecule has 108 valence electrons. The summed E-state index contributed by atoms with van der Waals surface area (Å²) in [4.78, 5) is 18.0. The van der Waals surface area contributed by atoms with Gasteiger partial charge in [0.05, 0.1) is 6.10 Å². The summed E-state index contributed by atoms with van der Waals surface area (Å²) in [5.74, 6) is 0. The molecule has 4 nitrogen and oxygen atoms in total. The topological polar surface area (TPSA) is 66.8 Å². The second-order valence-corrected chi connectivity index (χ2v) is 5.89. The summed E-state index contributed by atoms with van der Waals surface area (Å²) < 4.78 is 15.9. The Morgan fingerprint density at radius 2 is 1.74 bits per heavy atom. The van der Waals surface area contributed by atoms with Gasteiger partial charge in [-0.2, -0.15) is 0 Å². The highest BCUT2D eigenvalue weighted by Crippen LogP contribution is 2.44. The van der Waals surface area contributed by atoms with Crippen LogP contribution in [0.4, 0.5) is 0 Å². The van der Waals surface area contributed by atoms with Gasteiger partial charge in [-0.3, -0.25) is 4.52 Å². The molecule has 1 atom stereocenters. The van der Waals surface area contributed by atoms with E-state index in [0.29, 0.717) is 6.42 Å². The lowest BCUT2D eigenvalue weighted by Crippen LogP contribution is -2.03. The average molecular weight is 286 g/mol. The summed E-state index contributed by atoms with van der Waals surface area (Å²) >= 11 is 0. The summed E-state index contributed by atoms with van der Waals surface area (Å²) in [6.45, 7) is 2.16. The first kappa shape index (κ1) is 16.4. The molecule has 0 heterocycles. The Hall–Kier alpha value is -0.670. The third-order valence-electron chi connectivity index (χ3n) is 3.01. The molecule has 19 heavy (non-hydrogen) atoms. The van der Waals surface area contributed by atoms with Gasteiger partial charge in [0.25, 0.3) is 0 Å². The van der Waals surface area contributed by atoms with Crippen LogP contribution in [0.5, 0.6) is 0 Å². The van der Waals surface area contributed by atoms with Crippen molar-refractivity contribution in [2.75, 3.05) is 0 Å². The number of hydrogen-bond donors (Lipinski definition) is 2. The summed E-state index contributed by atoms with van der Waals surface area (Å²) in [5.41, 5.74) is 0.821. The average Bonchev–Trinajstić information content (AvgIpc) is 2.37. The molecule has 0 spiro atoms. The molecule has 1 aromatic carbocycles. The molecule has 0 saturated carbocycles. The molecule has 5 heteroatoms. The minimum atomic E-state index is -4.45. The van der Waals surface area contributed by atoms with Crippen LogP contribution in [0.25, 0.3) is 0 Å². The minimum Gasteiger partial charge on any atom is -0.303 e. The maximum Gasteiger partial charge on any atom is 0.470 e. The zero-order valence-corrected chi connectivity index (χ0v) is 12.3. The van der Waals surface area contributed by atoms with Gasteiger partial charge in [-0.25, -0.2) is 4.57 Å². The van der Waals surface area contributed by atoms with E-state index in [0.717, 1.165) is 24.8 Å². The lowest BCUT2D eigenvalue weighted by atomic mass is 10.0. The first-order valence-corrected chi connectivity index (χ1v) is 8.35. The summed E-state index contributed by atoms with van der Waals surface area (Å²) in [6, 6.07) is 9.25. The predicted molar refractivity (Wildman–Crippen MR) is 75.7 cm³/mol. The number of unbranched alkanes of at least 4 members (excludes halogenated alkanes) is 4. The molecule has 0 bridgehead atoms. The Morgan fingerprint density at radius 1 is 1.11 bits per heavy atom. The van der Waals surface area contributed by atoms with Crippen molar-refractivity contribution < 1.29 is 18.9 Å². The first-order chi connectivity index (χ1) is 9.03. The van der Waals surface area contributed by atoms with Gasteiger partial charge in [0.2, 0.25) is 0 Å². The van der Waals surface area contributed by atoms with Crippen molar-refractivity contribution >= 4 is 7.82 Å². The van der Waals surface area contributed by atoms with Gasteiger partial charge < -0.3 is 9.79 Å². The van der Waals surface area contributed by atoms with E-state index in [4.69, 9.17) is 14.3 Å². The third kappa shape index (κ3) is 7.48. The molecule has 1 aromatic rings. The fourth-order valence-electron chi connectivity index (χ4n) is 2.05. The van der Waals surface area contributed by atoms with Crippen LogP contribution in [0.1, 0.15) is 57.1 Å². The van der Waals surface area contributed by atoms with Gasteiger partial charge in [-0.1, -0.05) is 69.4 Å². The maximum absolute atomic E-state index is 11.0. The number of rotatable bonds is 9. The molecule has 0 saturated heterocycles. The van der Waals surface area contributed by atoms with Gasteiger partial charge in [0.15, 0.2) is 0 Å². The van der Waals surface area contributed by atoms with Crippen LogP contribution in [0, 0.1) is 0 Å². The molecule has 0 aliphatic rings. The Kier molecular flexibility index (Phi) is 7.32. The number of phosphoric ester groups is 1. The lowest BCUT2D eigenvalue weighted by Gasteiger charge is -2.18. The highest BCUT2D eigenvalue weighted by atomic mass is 31.2. The van der Waals surface area contributed by atoms with Crippen molar-refractivity contribution in [1.82, 2.24) is 0 Å². The van der Waals surface area contributed by atoms with E-state index in [1.807, 2.05) is 30.3 Å². The molecule has 0 radical (unpaired) electrons. The van der Waals surface area contributed by atoms with Gasteiger partial charge in [0.1, 0.15) is 0 Å². The van der Waals surface area contributed by atoms with E-state index in [1.54, 1.807) is 0 Å². The first-order valence-electron chi connectivity index (χ1n) is 6.82. The van der Waals surface area contributed by atoms with Crippen molar-refractivity contribution in [3.8, 4) is 0 Å². The van der Waals surface area contributed by atoms with Gasteiger partial charge in [0, 0.05) is 0 Å². The number of benzene rings is 1. The van der Waals surface area contributed by atoms with Crippen LogP contribution < -0.4 is 0 Å². The van der Waals surface area contributed by atoms with Crippen LogP contribution in [0.15, 0.2) is 30.3 Å². The second-order valence-electron chi connectivity index (χ2n) is 4.70. The van der Waals surface area contributed by atoms with Gasteiger partial charge >= 0.3 is 7.82 Å². The number of hydrogen-bond acceptors (Lipinski definition) is 2. The van der Waals surface area contributed by atoms with E-state index >= 15 is 0 Å². The molecular formula is C14H23O4P. The molecule has 0 amide bonds. The minimum absolute atomic E-state index is 0.524. The van der Waals surface area contributed by atoms with Crippen molar-refractivity contribution in [1.29, 1.82) is 0 Å². The zero-order valence-electron chi connectivity index (χ0n) is 11.4. The molecule has 1 unspecified atom stereocenters. The molecule has 0 aromatic heterocycles. The van der Waals surface area contributed by atoms with E-state index in [2.05, 4.69) is 6.92 Å². The predicted octanol–water partition coefficient (Wildman–Crippen LogP) is 4.20. The molecule has 1 rings (SSSR count). The van der Waals surface area contributed by atoms with Crippen LogP contribution in [0.3, 0.4) is 0 Å². The van der Waals surface area contributed by atoms with E-state index < -0.39 is 13.9 Å². The van der Waals surface area contributed by atoms with Crippen molar-refractivity contribution in [2.45, 2.75) is 51.6 Å². The molecule has 0 aliphatic heterocycles. The van der Waals surface area contributed by atoms with Crippen molar-refractivity contribution in [3.05, 3.63) is 35.9 Å². The van der Waals surface area contributed by atoms with E-state index in [9.17, 15) is 4.57 Å².